The number of aryl methyl sites for hydroxylation is 2. The second kappa shape index (κ2) is 8.09. The maximum Gasteiger partial charge on any atom is 0.239 e. The summed E-state index contributed by atoms with van der Waals surface area (Å²) in [5.74, 6) is -3.63. The summed E-state index contributed by atoms with van der Waals surface area (Å²) in [5, 5.41) is 4.89. The number of anilines is 2. The molecule has 0 saturated heterocycles. The third-order valence-electron chi connectivity index (χ3n) is 3.50. The molecule has 26 heavy (non-hydrogen) atoms. The van der Waals surface area contributed by atoms with Crippen molar-refractivity contribution in [3.8, 4) is 0 Å². The first-order valence-corrected chi connectivity index (χ1v) is 9.60. The first kappa shape index (κ1) is 19.6. The van der Waals surface area contributed by atoms with Gasteiger partial charge in [0.25, 0.3) is 0 Å². The Bertz CT molecular complexity index is 925. The van der Waals surface area contributed by atoms with Crippen LogP contribution in [0.25, 0.3) is 0 Å². The van der Waals surface area contributed by atoms with E-state index < -0.39 is 39.0 Å². The highest BCUT2D eigenvalue weighted by molar-refractivity contribution is 7.92. The second-order valence-corrected chi connectivity index (χ2v) is 8.02. The quantitative estimate of drug-likeness (QED) is 0.807. The summed E-state index contributed by atoms with van der Waals surface area (Å²) >= 11 is 0. The SMILES string of the molecule is Cc1ccc(C)c(NC(=O)CS(=O)(=O)CC(=O)Nc2ccc(F)cc2)c1. The molecule has 0 aliphatic rings. The maximum absolute atomic E-state index is 12.8. The molecule has 2 N–H and O–H groups in total. The predicted octanol–water partition coefficient (Wildman–Crippen LogP) is 2.43. The number of carbonyl (C=O) groups excluding carboxylic acids is 2. The van der Waals surface area contributed by atoms with Crippen molar-refractivity contribution in [2.75, 3.05) is 22.1 Å². The third kappa shape index (κ3) is 5.96. The molecule has 6 nitrogen and oxygen atoms in total. The highest BCUT2D eigenvalue weighted by atomic mass is 32.2. The summed E-state index contributed by atoms with van der Waals surface area (Å²) in [7, 11) is -3.95. The Kier molecular flexibility index (Phi) is 6.10. The van der Waals surface area contributed by atoms with Crippen molar-refractivity contribution in [3.05, 3.63) is 59.4 Å². The fraction of sp³-hybridized carbons (Fsp3) is 0.222. The standard InChI is InChI=1S/C18H19FN2O4S/c1-12-3-4-13(2)16(9-12)21-18(23)11-26(24,25)10-17(22)20-15-7-5-14(19)6-8-15/h3-9H,10-11H2,1-2H3,(H,20,22)(H,21,23). The highest BCUT2D eigenvalue weighted by Gasteiger charge is 2.21. The first-order valence-electron chi connectivity index (χ1n) is 7.77. The molecule has 2 rings (SSSR count). The van der Waals surface area contributed by atoms with Gasteiger partial charge in [0, 0.05) is 11.4 Å². The zero-order valence-corrected chi connectivity index (χ0v) is 15.2. The highest BCUT2D eigenvalue weighted by Crippen LogP contribution is 2.16. The molecule has 0 aliphatic heterocycles. The van der Waals surface area contributed by atoms with Crippen LogP contribution in [0.3, 0.4) is 0 Å². The van der Waals surface area contributed by atoms with Crippen molar-refractivity contribution in [1.82, 2.24) is 0 Å². The number of amides is 2. The Balaban J connectivity index is 1.94. The molecule has 0 aromatic heterocycles. The van der Waals surface area contributed by atoms with Gasteiger partial charge in [-0.3, -0.25) is 9.59 Å². The van der Waals surface area contributed by atoms with Crippen molar-refractivity contribution in [1.29, 1.82) is 0 Å². The molecule has 2 aromatic rings. The smallest absolute Gasteiger partial charge is 0.239 e. The van der Waals surface area contributed by atoms with Crippen LogP contribution in [-0.4, -0.2) is 31.7 Å². The van der Waals surface area contributed by atoms with Crippen LogP contribution < -0.4 is 10.6 Å². The number of halogens is 1. The maximum atomic E-state index is 12.8. The van der Waals surface area contributed by atoms with Gasteiger partial charge in [0.05, 0.1) is 0 Å². The van der Waals surface area contributed by atoms with Gasteiger partial charge in [-0.2, -0.15) is 0 Å². The fourth-order valence-corrected chi connectivity index (χ4v) is 3.28. The average molecular weight is 378 g/mol. The summed E-state index contributed by atoms with van der Waals surface area (Å²) in [6.07, 6.45) is 0. The third-order valence-corrected chi connectivity index (χ3v) is 4.90. The van der Waals surface area contributed by atoms with Gasteiger partial charge in [0.1, 0.15) is 17.3 Å². The summed E-state index contributed by atoms with van der Waals surface area (Å²) in [6, 6.07) is 10.3. The Morgan fingerprint density at radius 1 is 0.923 bits per heavy atom. The van der Waals surface area contributed by atoms with Crippen molar-refractivity contribution in [2.24, 2.45) is 0 Å². The number of rotatable bonds is 6. The van der Waals surface area contributed by atoms with E-state index in [1.807, 2.05) is 19.1 Å². The summed E-state index contributed by atoms with van der Waals surface area (Å²) < 4.78 is 36.9. The average Bonchev–Trinajstić information content (AvgIpc) is 2.52. The van der Waals surface area contributed by atoms with Gasteiger partial charge in [-0.25, -0.2) is 12.8 Å². The van der Waals surface area contributed by atoms with Crippen LogP contribution >= 0.6 is 0 Å². The molecule has 0 heterocycles. The predicted molar refractivity (Wildman–Crippen MR) is 98.2 cm³/mol. The van der Waals surface area contributed by atoms with Crippen LogP contribution in [0.15, 0.2) is 42.5 Å². The van der Waals surface area contributed by atoms with E-state index in [0.717, 1.165) is 23.3 Å². The largest absolute Gasteiger partial charge is 0.325 e. The van der Waals surface area contributed by atoms with E-state index in [1.54, 1.807) is 13.0 Å². The summed E-state index contributed by atoms with van der Waals surface area (Å²) in [6.45, 7) is 3.64. The number of carbonyl (C=O) groups is 2. The van der Waals surface area contributed by atoms with Gasteiger partial charge in [-0.15, -0.1) is 0 Å². The molecule has 138 valence electrons. The van der Waals surface area contributed by atoms with E-state index in [2.05, 4.69) is 10.6 Å². The topological polar surface area (TPSA) is 92.3 Å². The van der Waals surface area contributed by atoms with Crippen LogP contribution in [0.5, 0.6) is 0 Å². The van der Waals surface area contributed by atoms with Gasteiger partial charge in [-0.1, -0.05) is 12.1 Å². The molecule has 0 spiro atoms. The number of hydrogen-bond acceptors (Lipinski definition) is 4. The Hall–Kier alpha value is -2.74. The molecule has 0 radical (unpaired) electrons. The van der Waals surface area contributed by atoms with Crippen LogP contribution in [0.2, 0.25) is 0 Å². The lowest BCUT2D eigenvalue weighted by Crippen LogP contribution is -2.30. The normalized spacial score (nSPS) is 11.0. The monoisotopic (exact) mass is 378 g/mol. The van der Waals surface area contributed by atoms with Gasteiger partial charge in [0.15, 0.2) is 9.84 Å². The van der Waals surface area contributed by atoms with Gasteiger partial charge in [-0.05, 0) is 55.3 Å². The van der Waals surface area contributed by atoms with Crippen LogP contribution in [-0.2, 0) is 19.4 Å². The molecule has 0 unspecified atom stereocenters. The number of hydrogen-bond donors (Lipinski definition) is 2. The van der Waals surface area contributed by atoms with Crippen molar-refractivity contribution < 1.29 is 22.4 Å². The number of sulfone groups is 1. The summed E-state index contributed by atoms with van der Waals surface area (Å²) in [4.78, 5) is 23.8. The minimum Gasteiger partial charge on any atom is -0.325 e. The molecule has 0 bridgehead atoms. The van der Waals surface area contributed by atoms with E-state index in [1.165, 1.54) is 12.1 Å². The van der Waals surface area contributed by atoms with Crippen LogP contribution in [0, 0.1) is 19.7 Å². The molecule has 2 amide bonds. The second-order valence-electron chi connectivity index (χ2n) is 5.95. The van der Waals surface area contributed by atoms with Crippen LogP contribution in [0.1, 0.15) is 11.1 Å². The van der Waals surface area contributed by atoms with E-state index in [0.29, 0.717) is 5.69 Å². The lowest BCUT2D eigenvalue weighted by molar-refractivity contribution is -0.114. The van der Waals surface area contributed by atoms with E-state index >= 15 is 0 Å². The molecule has 0 fully saturated rings. The summed E-state index contributed by atoms with van der Waals surface area (Å²) in [5.41, 5.74) is 2.52. The zero-order valence-electron chi connectivity index (χ0n) is 14.4. The molecular weight excluding hydrogens is 359 g/mol. The zero-order chi connectivity index (χ0) is 19.3. The van der Waals surface area contributed by atoms with Crippen molar-refractivity contribution >= 4 is 33.0 Å². The molecule has 2 aromatic carbocycles. The van der Waals surface area contributed by atoms with Gasteiger partial charge >= 0.3 is 0 Å². The Morgan fingerprint density at radius 2 is 1.50 bits per heavy atom. The Labute approximate surface area is 151 Å². The van der Waals surface area contributed by atoms with Crippen molar-refractivity contribution in [3.63, 3.8) is 0 Å². The van der Waals surface area contributed by atoms with Gasteiger partial charge in [0.2, 0.25) is 11.8 Å². The number of nitrogens with one attached hydrogen (secondary N) is 2. The molecule has 0 aliphatic carbocycles. The van der Waals surface area contributed by atoms with E-state index in [4.69, 9.17) is 0 Å². The first-order chi connectivity index (χ1) is 12.1. The Morgan fingerprint density at radius 3 is 2.12 bits per heavy atom. The van der Waals surface area contributed by atoms with Crippen LogP contribution in [0.4, 0.5) is 15.8 Å². The minimum absolute atomic E-state index is 0.270. The van der Waals surface area contributed by atoms with Gasteiger partial charge < -0.3 is 10.6 Å². The minimum atomic E-state index is -3.95. The lowest BCUT2D eigenvalue weighted by Gasteiger charge is -2.10. The molecule has 8 heteroatoms. The fourth-order valence-electron chi connectivity index (χ4n) is 2.24. The van der Waals surface area contributed by atoms with E-state index in [9.17, 15) is 22.4 Å². The lowest BCUT2D eigenvalue weighted by atomic mass is 10.1. The molecule has 0 saturated carbocycles. The number of benzene rings is 2. The molecular formula is C18H19FN2O4S. The van der Waals surface area contributed by atoms with Crippen molar-refractivity contribution in [2.45, 2.75) is 13.8 Å². The molecule has 0 atom stereocenters. The van der Waals surface area contributed by atoms with E-state index in [-0.39, 0.29) is 5.69 Å².